The van der Waals surface area contributed by atoms with E-state index in [2.05, 4.69) is 29.5 Å². The molecule has 0 unspecified atom stereocenters. The molecule has 1 aromatic rings. The Kier molecular flexibility index (Phi) is 12.3. The van der Waals surface area contributed by atoms with Crippen molar-refractivity contribution in [3.05, 3.63) is 35.4 Å². The second-order valence-electron chi connectivity index (χ2n) is 5.73. The highest BCUT2D eigenvalue weighted by Gasteiger charge is 2.07. The highest BCUT2D eigenvalue weighted by Crippen LogP contribution is 2.07. The second-order valence-corrected chi connectivity index (χ2v) is 5.73. The first-order chi connectivity index (χ1) is 11.1. The summed E-state index contributed by atoms with van der Waals surface area (Å²) in [5.74, 6) is 0.864. The number of carbonyl (C=O) groups is 1. The molecule has 0 fully saturated rings. The van der Waals surface area contributed by atoms with Gasteiger partial charge < -0.3 is 15.5 Å². The summed E-state index contributed by atoms with van der Waals surface area (Å²) in [5, 5.41) is 6.60. The summed E-state index contributed by atoms with van der Waals surface area (Å²) in [6.07, 6.45) is 3.60. The molecule has 136 valence electrons. The molecule has 0 atom stereocenters. The summed E-state index contributed by atoms with van der Waals surface area (Å²) in [4.78, 5) is 18.0. The van der Waals surface area contributed by atoms with Crippen molar-refractivity contribution in [2.45, 2.75) is 39.7 Å². The Morgan fingerprint density at radius 1 is 1.08 bits per heavy atom. The number of carbonyl (C=O) groups excluding carboxylic acids is 1. The van der Waals surface area contributed by atoms with Gasteiger partial charge in [0.15, 0.2) is 5.96 Å². The van der Waals surface area contributed by atoms with Crippen molar-refractivity contribution in [2.75, 3.05) is 27.2 Å². The van der Waals surface area contributed by atoms with Crippen LogP contribution in [0.2, 0.25) is 0 Å². The van der Waals surface area contributed by atoms with Crippen LogP contribution < -0.4 is 10.6 Å². The van der Waals surface area contributed by atoms with E-state index >= 15 is 0 Å². The highest BCUT2D eigenvalue weighted by molar-refractivity contribution is 14.0. The number of halogens is 1. The predicted octanol–water partition coefficient (Wildman–Crippen LogP) is 3.25. The molecule has 0 heterocycles. The van der Waals surface area contributed by atoms with Crippen molar-refractivity contribution >= 4 is 35.8 Å². The van der Waals surface area contributed by atoms with E-state index in [0.717, 1.165) is 31.0 Å². The monoisotopic (exact) mass is 446 g/mol. The van der Waals surface area contributed by atoms with E-state index in [4.69, 9.17) is 0 Å². The van der Waals surface area contributed by atoms with Crippen molar-refractivity contribution < 1.29 is 4.79 Å². The Bertz CT molecular complexity index is 500. The average Bonchev–Trinajstić information content (AvgIpc) is 2.56. The lowest BCUT2D eigenvalue weighted by atomic mass is 10.1. The summed E-state index contributed by atoms with van der Waals surface area (Å²) >= 11 is 0. The number of benzene rings is 1. The molecule has 5 nitrogen and oxygen atoms in total. The molecule has 1 rings (SSSR count). The van der Waals surface area contributed by atoms with E-state index in [1.807, 2.05) is 24.3 Å². The fourth-order valence-corrected chi connectivity index (χ4v) is 2.10. The van der Waals surface area contributed by atoms with Gasteiger partial charge in [0.1, 0.15) is 0 Å². The van der Waals surface area contributed by atoms with Gasteiger partial charge in [0, 0.05) is 32.7 Å². The van der Waals surface area contributed by atoms with Crippen molar-refractivity contribution in [1.82, 2.24) is 15.5 Å². The van der Waals surface area contributed by atoms with E-state index in [1.54, 1.807) is 19.0 Å². The minimum atomic E-state index is 0. The molecule has 0 saturated carbocycles. The van der Waals surface area contributed by atoms with Gasteiger partial charge in [-0.25, -0.2) is 4.99 Å². The van der Waals surface area contributed by atoms with E-state index in [0.29, 0.717) is 12.1 Å². The SMILES string of the molecule is CCCCCNC(=NCc1ccc(C(=O)N(C)C)cc1)NCC.I. The zero-order chi connectivity index (χ0) is 17.1. The maximum Gasteiger partial charge on any atom is 0.253 e. The Morgan fingerprint density at radius 3 is 2.29 bits per heavy atom. The first kappa shape index (κ1) is 22.7. The average molecular weight is 446 g/mol. The Hall–Kier alpha value is -1.31. The van der Waals surface area contributed by atoms with Gasteiger partial charge in [-0.15, -0.1) is 24.0 Å². The molecule has 0 saturated heterocycles. The van der Waals surface area contributed by atoms with E-state index in [1.165, 1.54) is 12.8 Å². The molecule has 0 spiro atoms. The summed E-state index contributed by atoms with van der Waals surface area (Å²) in [6, 6.07) is 7.63. The molecular formula is C18H31IN4O. The minimum absolute atomic E-state index is 0. The summed E-state index contributed by atoms with van der Waals surface area (Å²) in [6.45, 7) is 6.64. The fourth-order valence-electron chi connectivity index (χ4n) is 2.10. The van der Waals surface area contributed by atoms with Crippen LogP contribution in [-0.4, -0.2) is 44.0 Å². The highest BCUT2D eigenvalue weighted by atomic mass is 127. The lowest BCUT2D eigenvalue weighted by Gasteiger charge is -2.12. The number of amides is 1. The molecular weight excluding hydrogens is 415 g/mol. The smallest absolute Gasteiger partial charge is 0.253 e. The van der Waals surface area contributed by atoms with Crippen LogP contribution in [0.3, 0.4) is 0 Å². The zero-order valence-electron chi connectivity index (χ0n) is 15.3. The number of unbranched alkanes of at least 4 members (excludes halogenated alkanes) is 2. The number of nitrogens with one attached hydrogen (secondary N) is 2. The standard InChI is InChI=1S/C18H30N4O.HI/c1-5-7-8-13-20-18(19-6-2)21-14-15-9-11-16(12-10-15)17(23)22(3)4;/h9-12H,5-8,13-14H2,1-4H3,(H2,19,20,21);1H. The van der Waals surface area contributed by atoms with Gasteiger partial charge in [0.25, 0.3) is 5.91 Å². The third kappa shape index (κ3) is 8.52. The van der Waals surface area contributed by atoms with Crippen molar-refractivity contribution in [3.8, 4) is 0 Å². The molecule has 0 radical (unpaired) electrons. The topological polar surface area (TPSA) is 56.7 Å². The molecule has 2 N–H and O–H groups in total. The third-order valence-corrected chi connectivity index (χ3v) is 3.44. The Balaban J connectivity index is 0.00000529. The van der Waals surface area contributed by atoms with Gasteiger partial charge in [0.2, 0.25) is 0 Å². The third-order valence-electron chi connectivity index (χ3n) is 3.44. The van der Waals surface area contributed by atoms with Gasteiger partial charge in [-0.3, -0.25) is 4.79 Å². The Morgan fingerprint density at radius 2 is 1.75 bits per heavy atom. The van der Waals surface area contributed by atoms with Crippen molar-refractivity contribution in [2.24, 2.45) is 4.99 Å². The van der Waals surface area contributed by atoms with Crippen LogP contribution >= 0.6 is 24.0 Å². The van der Waals surface area contributed by atoms with Gasteiger partial charge in [-0.1, -0.05) is 31.9 Å². The van der Waals surface area contributed by atoms with Crippen LogP contribution in [0, 0.1) is 0 Å². The first-order valence-corrected chi connectivity index (χ1v) is 8.41. The predicted molar refractivity (Wildman–Crippen MR) is 112 cm³/mol. The van der Waals surface area contributed by atoms with Gasteiger partial charge in [-0.2, -0.15) is 0 Å². The van der Waals surface area contributed by atoms with Crippen LogP contribution in [0.1, 0.15) is 49.0 Å². The van der Waals surface area contributed by atoms with E-state index < -0.39 is 0 Å². The molecule has 0 aliphatic carbocycles. The maximum atomic E-state index is 11.9. The lowest BCUT2D eigenvalue weighted by molar-refractivity contribution is 0.0827. The molecule has 1 aromatic carbocycles. The number of guanidine groups is 1. The van der Waals surface area contributed by atoms with Gasteiger partial charge in [-0.05, 0) is 31.0 Å². The normalized spacial score (nSPS) is 10.8. The Labute approximate surface area is 163 Å². The second kappa shape index (κ2) is 13.0. The lowest BCUT2D eigenvalue weighted by Crippen LogP contribution is -2.37. The molecule has 0 aliphatic rings. The molecule has 0 bridgehead atoms. The summed E-state index contributed by atoms with van der Waals surface area (Å²) < 4.78 is 0. The summed E-state index contributed by atoms with van der Waals surface area (Å²) in [7, 11) is 3.51. The molecule has 0 aromatic heterocycles. The van der Waals surface area contributed by atoms with Crippen LogP contribution in [-0.2, 0) is 6.54 Å². The molecule has 24 heavy (non-hydrogen) atoms. The molecule has 1 amide bonds. The minimum Gasteiger partial charge on any atom is -0.357 e. The number of hydrogen-bond acceptors (Lipinski definition) is 2. The van der Waals surface area contributed by atoms with E-state index in [-0.39, 0.29) is 29.9 Å². The van der Waals surface area contributed by atoms with Crippen LogP contribution in [0.25, 0.3) is 0 Å². The first-order valence-electron chi connectivity index (χ1n) is 8.41. The maximum absolute atomic E-state index is 11.9. The number of aliphatic imine (C=N–C) groups is 1. The summed E-state index contributed by atoms with van der Waals surface area (Å²) in [5.41, 5.74) is 1.79. The van der Waals surface area contributed by atoms with Crippen molar-refractivity contribution in [3.63, 3.8) is 0 Å². The van der Waals surface area contributed by atoms with Crippen LogP contribution in [0.4, 0.5) is 0 Å². The number of nitrogens with zero attached hydrogens (tertiary/aromatic N) is 2. The largest absolute Gasteiger partial charge is 0.357 e. The molecule has 0 aliphatic heterocycles. The fraction of sp³-hybridized carbons (Fsp3) is 0.556. The van der Waals surface area contributed by atoms with Crippen LogP contribution in [0.5, 0.6) is 0 Å². The van der Waals surface area contributed by atoms with Crippen molar-refractivity contribution in [1.29, 1.82) is 0 Å². The van der Waals surface area contributed by atoms with E-state index in [9.17, 15) is 4.79 Å². The molecule has 6 heteroatoms. The quantitative estimate of drug-likeness (QED) is 0.279. The number of hydrogen-bond donors (Lipinski definition) is 2. The van der Waals surface area contributed by atoms with Gasteiger partial charge in [0.05, 0.1) is 6.54 Å². The zero-order valence-corrected chi connectivity index (χ0v) is 17.6. The van der Waals surface area contributed by atoms with Gasteiger partial charge >= 0.3 is 0 Å². The van der Waals surface area contributed by atoms with Crippen LogP contribution in [0.15, 0.2) is 29.3 Å². The number of rotatable bonds is 8.